The van der Waals surface area contributed by atoms with Gasteiger partial charge in [-0.05, 0) is 0 Å². The van der Waals surface area contributed by atoms with Crippen LogP contribution in [0, 0.1) is 19.5 Å². The van der Waals surface area contributed by atoms with Gasteiger partial charge in [-0.15, -0.1) is 6.07 Å². The maximum absolute atomic E-state index is 3.84. The Kier molecular flexibility index (Phi) is 12.7. The van der Waals surface area contributed by atoms with Crippen molar-refractivity contribution in [1.29, 1.82) is 0 Å². The van der Waals surface area contributed by atoms with Crippen LogP contribution in [0.5, 0.6) is 0 Å². The zero-order valence-electron chi connectivity index (χ0n) is 7.20. The van der Waals surface area contributed by atoms with Gasteiger partial charge in [0.2, 0.25) is 0 Å². The van der Waals surface area contributed by atoms with Crippen LogP contribution in [0.1, 0.15) is 19.7 Å². The quantitative estimate of drug-likeness (QED) is 0.629. The minimum Gasteiger partial charge on any atom is -0.373 e. The summed E-state index contributed by atoms with van der Waals surface area (Å²) in [6.07, 6.45) is 6.32. The van der Waals surface area contributed by atoms with Crippen molar-refractivity contribution in [2.24, 2.45) is 0 Å². The van der Waals surface area contributed by atoms with Crippen molar-refractivity contribution in [2.75, 3.05) is 0 Å². The molecule has 3 heteroatoms. The molecule has 0 aliphatic carbocycles. The summed E-state index contributed by atoms with van der Waals surface area (Å²) in [5, 5.41) is 0. The molecule has 0 N–H and O–H groups in total. The average Bonchev–Trinajstić information content (AvgIpc) is 1.91. The van der Waals surface area contributed by atoms with Gasteiger partial charge in [0.25, 0.3) is 0 Å². The molecular formula is C8H12N2Y-2. The number of rotatable bonds is 0. The second-order valence-electron chi connectivity index (χ2n) is 1.81. The third-order valence-corrected chi connectivity index (χ3v) is 0.637. The maximum Gasteiger partial charge on any atom is 0.0104 e. The van der Waals surface area contributed by atoms with Crippen LogP contribution >= 0.6 is 0 Å². The van der Waals surface area contributed by atoms with Crippen molar-refractivity contribution in [1.82, 2.24) is 9.97 Å². The SMILES string of the molecule is C[CH-]C.Cc1n[c-]ccn1.[Y]. The molecule has 0 aliphatic rings. The van der Waals surface area contributed by atoms with Gasteiger partial charge in [0, 0.05) is 38.5 Å². The maximum atomic E-state index is 3.84. The Labute approximate surface area is 93.7 Å². The van der Waals surface area contributed by atoms with E-state index in [0.717, 1.165) is 5.82 Å². The van der Waals surface area contributed by atoms with Crippen LogP contribution in [0.25, 0.3) is 0 Å². The fourth-order valence-corrected chi connectivity index (χ4v) is 0.338. The summed E-state index contributed by atoms with van der Waals surface area (Å²) >= 11 is 0. The van der Waals surface area contributed by atoms with E-state index in [2.05, 4.69) is 16.2 Å². The zero-order valence-corrected chi connectivity index (χ0v) is 10.0. The number of aryl methyl sites for hydroxylation is 1. The van der Waals surface area contributed by atoms with Gasteiger partial charge in [-0.25, -0.2) is 0 Å². The molecule has 1 aromatic heterocycles. The minimum absolute atomic E-state index is 0. The van der Waals surface area contributed by atoms with Gasteiger partial charge < -0.3 is 16.4 Å². The summed E-state index contributed by atoms with van der Waals surface area (Å²) in [6, 6.07) is 1.67. The molecule has 0 aliphatic heterocycles. The van der Waals surface area contributed by atoms with E-state index in [1.165, 1.54) is 0 Å². The van der Waals surface area contributed by atoms with Crippen molar-refractivity contribution < 1.29 is 32.7 Å². The molecule has 0 fully saturated rings. The fourth-order valence-electron chi connectivity index (χ4n) is 0.338. The van der Waals surface area contributed by atoms with Gasteiger partial charge in [0.1, 0.15) is 0 Å². The molecule has 0 amide bonds. The molecule has 1 radical (unpaired) electrons. The van der Waals surface area contributed by atoms with E-state index in [4.69, 9.17) is 0 Å². The Balaban J connectivity index is 0. The minimum atomic E-state index is 0. The third-order valence-electron chi connectivity index (χ3n) is 0.637. The standard InChI is InChI=1S/C5H5N2.C3H7.Y/c1-5-6-3-2-4-7-5;1-3-2;/h2-3H,1H3;3H,1-2H3;/q2*-1;. The predicted octanol–water partition coefficient (Wildman–Crippen LogP) is 1.81. The van der Waals surface area contributed by atoms with E-state index in [0.29, 0.717) is 0 Å². The molecule has 11 heavy (non-hydrogen) atoms. The number of hydrogen-bond acceptors (Lipinski definition) is 2. The molecule has 59 valence electrons. The zero-order chi connectivity index (χ0) is 7.82. The third kappa shape index (κ3) is 10.2. The first-order chi connectivity index (χ1) is 4.81. The first-order valence-corrected chi connectivity index (χ1v) is 3.21. The number of aromatic nitrogens is 2. The van der Waals surface area contributed by atoms with Crippen molar-refractivity contribution >= 4 is 0 Å². The Morgan fingerprint density at radius 1 is 1.45 bits per heavy atom. The van der Waals surface area contributed by atoms with E-state index in [9.17, 15) is 0 Å². The van der Waals surface area contributed by atoms with Crippen molar-refractivity contribution in [2.45, 2.75) is 20.8 Å². The molecule has 1 rings (SSSR count). The van der Waals surface area contributed by atoms with Crippen molar-refractivity contribution in [3.63, 3.8) is 0 Å². The Morgan fingerprint density at radius 3 is 2.18 bits per heavy atom. The fraction of sp³-hybridized carbons (Fsp3) is 0.375. The second-order valence-corrected chi connectivity index (χ2v) is 1.81. The molecule has 1 heterocycles. The summed E-state index contributed by atoms with van der Waals surface area (Å²) < 4.78 is 0. The topological polar surface area (TPSA) is 25.8 Å². The van der Waals surface area contributed by atoms with Gasteiger partial charge in [-0.2, -0.15) is 13.8 Å². The molecule has 0 saturated heterocycles. The molecule has 0 bridgehead atoms. The van der Waals surface area contributed by atoms with Crippen LogP contribution in [0.3, 0.4) is 0 Å². The summed E-state index contributed by atoms with van der Waals surface area (Å²) in [6.45, 7) is 5.83. The van der Waals surface area contributed by atoms with Crippen LogP contribution in [0.4, 0.5) is 0 Å². The molecule has 2 nitrogen and oxygen atoms in total. The van der Waals surface area contributed by atoms with Gasteiger partial charge in [-0.1, -0.05) is 19.3 Å². The predicted molar refractivity (Wildman–Crippen MR) is 41.3 cm³/mol. The first kappa shape index (κ1) is 13.8. The van der Waals surface area contributed by atoms with Gasteiger partial charge >= 0.3 is 0 Å². The normalized spacial score (nSPS) is 7.18. The van der Waals surface area contributed by atoms with Crippen LogP contribution in [0.2, 0.25) is 0 Å². The van der Waals surface area contributed by atoms with Gasteiger partial charge in [-0.3, -0.25) is 0 Å². The largest absolute Gasteiger partial charge is 0.373 e. The van der Waals surface area contributed by atoms with Crippen molar-refractivity contribution in [3.8, 4) is 0 Å². The Morgan fingerprint density at radius 2 is 2.00 bits per heavy atom. The summed E-state index contributed by atoms with van der Waals surface area (Å²) in [5.41, 5.74) is 0. The summed E-state index contributed by atoms with van der Waals surface area (Å²) in [5.74, 6) is 0.766. The molecular weight excluding hydrogens is 213 g/mol. The van der Waals surface area contributed by atoms with E-state index in [-0.39, 0.29) is 32.7 Å². The van der Waals surface area contributed by atoms with Crippen LogP contribution < -0.4 is 0 Å². The smallest absolute Gasteiger partial charge is 0.0104 e. The average molecular weight is 225 g/mol. The summed E-state index contributed by atoms with van der Waals surface area (Å²) in [4.78, 5) is 7.58. The van der Waals surface area contributed by atoms with Crippen LogP contribution in [-0.2, 0) is 32.7 Å². The van der Waals surface area contributed by atoms with E-state index < -0.39 is 0 Å². The number of hydrogen-bond donors (Lipinski definition) is 0. The van der Waals surface area contributed by atoms with E-state index >= 15 is 0 Å². The molecule has 0 saturated carbocycles. The molecule has 0 aromatic carbocycles. The molecule has 1 aromatic rings. The van der Waals surface area contributed by atoms with E-state index in [1.54, 1.807) is 12.3 Å². The van der Waals surface area contributed by atoms with Gasteiger partial charge in [0.15, 0.2) is 0 Å². The van der Waals surface area contributed by atoms with E-state index in [1.807, 2.05) is 27.2 Å². The first-order valence-electron chi connectivity index (χ1n) is 3.21. The number of nitrogens with zero attached hydrogens (tertiary/aromatic N) is 2. The Hall–Kier alpha value is 0.184. The Bertz CT molecular complexity index is 153. The molecule has 0 unspecified atom stereocenters. The van der Waals surface area contributed by atoms with Crippen molar-refractivity contribution in [3.05, 3.63) is 30.7 Å². The van der Waals surface area contributed by atoms with Gasteiger partial charge in [0.05, 0.1) is 0 Å². The molecule has 0 spiro atoms. The van der Waals surface area contributed by atoms with Crippen LogP contribution in [-0.4, -0.2) is 9.97 Å². The second kappa shape index (κ2) is 10.2. The monoisotopic (exact) mass is 225 g/mol. The summed E-state index contributed by atoms with van der Waals surface area (Å²) in [7, 11) is 0. The van der Waals surface area contributed by atoms with Crippen LogP contribution in [0.15, 0.2) is 12.3 Å². The molecule has 0 atom stereocenters.